The van der Waals surface area contributed by atoms with Gasteiger partial charge in [0, 0.05) is 12.0 Å². The normalized spacial score (nSPS) is 29.9. The molecular formula is C33H42O5. The zero-order valence-electron chi connectivity index (χ0n) is 24.1. The molecule has 0 aromatic heterocycles. The molecule has 0 radical (unpaired) electrons. The Hall–Kier alpha value is -2.79. The average molecular weight is 519 g/mol. The highest BCUT2D eigenvalue weighted by Gasteiger charge is 2.75. The van der Waals surface area contributed by atoms with Crippen LogP contribution in [0.5, 0.6) is 0 Å². The molecule has 1 N–H and O–H groups in total. The Morgan fingerprint density at radius 1 is 1.03 bits per heavy atom. The van der Waals surface area contributed by atoms with Gasteiger partial charge in [0.15, 0.2) is 17.3 Å². The third-order valence-corrected chi connectivity index (χ3v) is 9.29. The predicted octanol–water partition coefficient (Wildman–Crippen LogP) is 6.57. The molecule has 4 rings (SSSR count). The molecular weight excluding hydrogens is 476 g/mol. The Kier molecular flexibility index (Phi) is 7.01. The Labute approximate surface area is 227 Å². The first-order valence-corrected chi connectivity index (χ1v) is 13.7. The van der Waals surface area contributed by atoms with E-state index in [9.17, 15) is 19.5 Å². The van der Waals surface area contributed by atoms with E-state index < -0.39 is 39.5 Å². The lowest BCUT2D eigenvalue weighted by Gasteiger charge is -2.59. The van der Waals surface area contributed by atoms with Crippen molar-refractivity contribution in [3.8, 4) is 0 Å². The third kappa shape index (κ3) is 4.14. The van der Waals surface area contributed by atoms with Crippen molar-refractivity contribution >= 4 is 17.3 Å². The highest BCUT2D eigenvalue weighted by molar-refractivity contribution is 6.35. The van der Waals surface area contributed by atoms with E-state index in [4.69, 9.17) is 4.74 Å². The number of allylic oxidation sites excluding steroid dienone is 6. The molecule has 2 aliphatic carbocycles. The quantitative estimate of drug-likeness (QED) is 0.191. The molecule has 204 valence electrons. The van der Waals surface area contributed by atoms with Crippen LogP contribution in [0.4, 0.5) is 0 Å². The van der Waals surface area contributed by atoms with Gasteiger partial charge in [-0.15, -0.1) is 0 Å². The van der Waals surface area contributed by atoms with Crippen LogP contribution in [-0.2, 0) is 14.3 Å². The van der Waals surface area contributed by atoms with Gasteiger partial charge < -0.3 is 9.84 Å². The second kappa shape index (κ2) is 9.44. The number of Topliss-reactive ketones (excluding diaryl/α,β-unsaturated/α-hetero) is 3. The topological polar surface area (TPSA) is 80.7 Å². The van der Waals surface area contributed by atoms with Crippen LogP contribution in [0.25, 0.3) is 0 Å². The second-order valence-electron chi connectivity index (χ2n) is 13.1. The lowest BCUT2D eigenvalue weighted by Crippen LogP contribution is -2.65. The molecule has 1 aromatic carbocycles. The minimum Gasteiger partial charge on any atom is -0.490 e. The van der Waals surface area contributed by atoms with E-state index in [0.717, 1.165) is 12.0 Å². The number of aliphatic hydroxyl groups is 1. The summed E-state index contributed by atoms with van der Waals surface area (Å²) >= 11 is 0. The molecule has 1 saturated heterocycles. The molecule has 1 spiro atoms. The summed E-state index contributed by atoms with van der Waals surface area (Å²) in [6.07, 6.45) is 4.99. The fraction of sp³-hybridized carbons (Fsp3) is 0.545. The Balaban J connectivity index is 2.07. The molecule has 0 amide bonds. The maximum absolute atomic E-state index is 14.9. The van der Waals surface area contributed by atoms with Gasteiger partial charge in [-0.05, 0) is 72.1 Å². The van der Waals surface area contributed by atoms with Crippen LogP contribution in [0.2, 0.25) is 0 Å². The number of ketones is 3. The van der Waals surface area contributed by atoms with Crippen LogP contribution < -0.4 is 0 Å². The summed E-state index contributed by atoms with van der Waals surface area (Å²) in [6, 6.07) is 8.73. The molecule has 5 nitrogen and oxygen atoms in total. The van der Waals surface area contributed by atoms with E-state index in [-0.39, 0.29) is 35.9 Å². The van der Waals surface area contributed by atoms with E-state index in [1.54, 1.807) is 38.1 Å². The number of hydrogen-bond donors (Lipinski definition) is 1. The maximum atomic E-state index is 14.9. The number of carbonyl (C=O) groups is 3. The summed E-state index contributed by atoms with van der Waals surface area (Å²) in [4.78, 5) is 43.5. The fourth-order valence-electron chi connectivity index (χ4n) is 6.77. The van der Waals surface area contributed by atoms with Gasteiger partial charge in [0.1, 0.15) is 17.4 Å². The first-order chi connectivity index (χ1) is 17.6. The molecule has 4 atom stereocenters. The predicted molar refractivity (Wildman–Crippen MR) is 148 cm³/mol. The van der Waals surface area contributed by atoms with Crippen molar-refractivity contribution in [2.75, 3.05) is 0 Å². The Morgan fingerprint density at radius 2 is 1.63 bits per heavy atom. The highest BCUT2D eigenvalue weighted by Crippen LogP contribution is 2.70. The van der Waals surface area contributed by atoms with Gasteiger partial charge in [0.25, 0.3) is 0 Å². The summed E-state index contributed by atoms with van der Waals surface area (Å²) in [7, 11) is 0. The Bertz CT molecular complexity index is 1250. The number of benzene rings is 1. The molecule has 2 fully saturated rings. The summed E-state index contributed by atoms with van der Waals surface area (Å²) in [5.74, 6) is -0.838. The van der Waals surface area contributed by atoms with Crippen molar-refractivity contribution in [1.29, 1.82) is 0 Å². The van der Waals surface area contributed by atoms with Crippen molar-refractivity contribution in [3.63, 3.8) is 0 Å². The minimum atomic E-state index is -1.35. The maximum Gasteiger partial charge on any atom is 0.200 e. The van der Waals surface area contributed by atoms with Crippen LogP contribution in [0.15, 0.2) is 65.0 Å². The molecule has 2 bridgehead atoms. The summed E-state index contributed by atoms with van der Waals surface area (Å²) in [5.41, 5.74) is -1.87. The van der Waals surface area contributed by atoms with Gasteiger partial charge in [-0.2, -0.15) is 0 Å². The van der Waals surface area contributed by atoms with Crippen molar-refractivity contribution in [1.82, 2.24) is 0 Å². The van der Waals surface area contributed by atoms with Gasteiger partial charge in [-0.25, -0.2) is 0 Å². The average Bonchev–Trinajstić information content (AvgIpc) is 3.25. The smallest absolute Gasteiger partial charge is 0.200 e. The standard InChI is InChI=1S/C33H42O5/c1-20(2)14-15-23-18-32(17-16-21(3)4)27(35)25(26(34)22-12-10-9-11-13-22)28-33(29(32)36,30(23,5)6)19-24(38-28)31(7,8)37/h9-14,16,23-24,37H,15,17-19H2,1-8H3/t23-,24+,32-,33+/m1/s1. The van der Waals surface area contributed by atoms with Crippen LogP contribution in [0, 0.1) is 22.2 Å². The monoisotopic (exact) mass is 518 g/mol. The van der Waals surface area contributed by atoms with E-state index in [1.807, 2.05) is 26.0 Å². The first kappa shape index (κ1) is 28.2. The first-order valence-electron chi connectivity index (χ1n) is 13.7. The molecule has 5 heteroatoms. The van der Waals surface area contributed by atoms with Crippen LogP contribution in [-0.4, -0.2) is 34.2 Å². The number of hydrogen-bond acceptors (Lipinski definition) is 5. The van der Waals surface area contributed by atoms with Crippen molar-refractivity contribution in [3.05, 3.63) is 70.5 Å². The molecule has 1 heterocycles. The number of ether oxygens (including phenoxy) is 1. The van der Waals surface area contributed by atoms with Crippen molar-refractivity contribution in [2.24, 2.45) is 22.2 Å². The molecule has 1 aromatic rings. The van der Waals surface area contributed by atoms with Gasteiger partial charge in [-0.3, -0.25) is 14.4 Å². The molecule has 1 saturated carbocycles. The Morgan fingerprint density at radius 3 is 2.18 bits per heavy atom. The van der Waals surface area contributed by atoms with E-state index >= 15 is 0 Å². The lowest BCUT2D eigenvalue weighted by molar-refractivity contribution is -0.166. The third-order valence-electron chi connectivity index (χ3n) is 9.29. The van der Waals surface area contributed by atoms with Crippen LogP contribution in [0.3, 0.4) is 0 Å². The second-order valence-corrected chi connectivity index (χ2v) is 13.1. The zero-order valence-corrected chi connectivity index (χ0v) is 24.1. The fourth-order valence-corrected chi connectivity index (χ4v) is 6.77. The molecule has 38 heavy (non-hydrogen) atoms. The summed E-state index contributed by atoms with van der Waals surface area (Å²) in [6.45, 7) is 15.5. The van der Waals surface area contributed by atoms with Gasteiger partial charge in [0.05, 0.1) is 16.4 Å². The van der Waals surface area contributed by atoms with E-state index in [2.05, 4.69) is 33.8 Å². The number of rotatable bonds is 7. The van der Waals surface area contributed by atoms with Crippen molar-refractivity contribution < 1.29 is 24.2 Å². The summed E-state index contributed by atoms with van der Waals surface area (Å²) in [5, 5.41) is 11.1. The van der Waals surface area contributed by atoms with E-state index in [1.165, 1.54) is 5.57 Å². The summed E-state index contributed by atoms with van der Waals surface area (Å²) < 4.78 is 6.42. The lowest BCUT2D eigenvalue weighted by atomic mass is 9.40. The zero-order chi connectivity index (χ0) is 28.3. The largest absolute Gasteiger partial charge is 0.490 e. The van der Waals surface area contributed by atoms with Gasteiger partial charge in [-0.1, -0.05) is 67.5 Å². The number of carbonyl (C=O) groups excluding carboxylic acids is 3. The SMILES string of the molecule is CC(C)=CC[C@@H]1C[C@]2(CC=C(C)C)C(=O)C(C(=O)c3ccccc3)=C3O[C@H](C(C)(C)O)C[C@]3(C2=O)C1(C)C. The molecule has 1 aliphatic heterocycles. The van der Waals surface area contributed by atoms with Crippen LogP contribution >= 0.6 is 0 Å². The van der Waals surface area contributed by atoms with Gasteiger partial charge in [0.2, 0.25) is 0 Å². The molecule has 0 unspecified atom stereocenters. The van der Waals surface area contributed by atoms with E-state index in [0.29, 0.717) is 12.0 Å². The molecule has 3 aliphatic rings. The van der Waals surface area contributed by atoms with Crippen molar-refractivity contribution in [2.45, 2.75) is 92.8 Å². The number of fused-ring (bicyclic) bond motifs is 1. The van der Waals surface area contributed by atoms with Crippen LogP contribution in [0.1, 0.15) is 91.4 Å². The minimum absolute atomic E-state index is 0.00264. The highest BCUT2D eigenvalue weighted by atomic mass is 16.5. The van der Waals surface area contributed by atoms with Gasteiger partial charge >= 0.3 is 0 Å².